The molecule has 0 spiro atoms. The zero-order valence-corrected chi connectivity index (χ0v) is 17.2. The van der Waals surface area contributed by atoms with E-state index in [1.807, 2.05) is 6.07 Å². The van der Waals surface area contributed by atoms with Crippen LogP contribution in [0.25, 0.3) is 0 Å². The number of furan rings is 1. The number of carbonyl (C=O) groups excluding carboxylic acids is 1. The third-order valence-corrected chi connectivity index (χ3v) is 7.16. The van der Waals surface area contributed by atoms with Crippen LogP contribution in [0, 0.1) is 0 Å². The molecule has 0 bridgehead atoms. The Hall–Kier alpha value is -2.32. The van der Waals surface area contributed by atoms with Crippen molar-refractivity contribution in [3.05, 3.63) is 47.4 Å². The molecule has 2 aromatic rings. The monoisotopic (exact) mass is 406 g/mol. The number of rotatable bonds is 7. The molecular weight excluding hydrogens is 380 g/mol. The Labute approximate surface area is 165 Å². The van der Waals surface area contributed by atoms with Gasteiger partial charge in [-0.3, -0.25) is 4.79 Å². The van der Waals surface area contributed by atoms with Crippen molar-refractivity contribution in [2.75, 3.05) is 20.2 Å². The molecule has 0 aliphatic heterocycles. The van der Waals surface area contributed by atoms with Crippen LogP contribution in [-0.2, 0) is 16.4 Å². The van der Waals surface area contributed by atoms with E-state index in [9.17, 15) is 13.2 Å². The van der Waals surface area contributed by atoms with Crippen molar-refractivity contribution >= 4 is 15.9 Å². The standard InChI is InChI=1S/C20H26N2O5S/c1-4-22(5-2)28(24,25)14-9-10-18(26-3)16(13-14)20(23)21-17-7-6-8-19-15(17)11-12-27-19/h9-13,17H,4-8H2,1-3H3,(H,21,23). The second-order valence-electron chi connectivity index (χ2n) is 6.67. The highest BCUT2D eigenvalue weighted by Crippen LogP contribution is 2.31. The van der Waals surface area contributed by atoms with E-state index in [0.717, 1.165) is 30.6 Å². The summed E-state index contributed by atoms with van der Waals surface area (Å²) < 4.78 is 37.8. The summed E-state index contributed by atoms with van der Waals surface area (Å²) in [5, 5.41) is 3.00. The molecule has 1 heterocycles. The van der Waals surface area contributed by atoms with E-state index in [4.69, 9.17) is 9.15 Å². The number of amides is 1. The van der Waals surface area contributed by atoms with E-state index in [2.05, 4.69) is 5.32 Å². The van der Waals surface area contributed by atoms with Crippen LogP contribution in [0.2, 0.25) is 0 Å². The molecule has 7 nitrogen and oxygen atoms in total. The molecule has 1 aromatic heterocycles. The fourth-order valence-corrected chi connectivity index (χ4v) is 5.09. The summed E-state index contributed by atoms with van der Waals surface area (Å²) in [6.07, 6.45) is 4.21. The smallest absolute Gasteiger partial charge is 0.255 e. The number of carbonyl (C=O) groups is 1. The molecule has 1 amide bonds. The number of ether oxygens (including phenoxy) is 1. The molecule has 1 aliphatic rings. The summed E-state index contributed by atoms with van der Waals surface area (Å²) >= 11 is 0. The van der Waals surface area contributed by atoms with Crippen molar-refractivity contribution in [1.29, 1.82) is 0 Å². The zero-order chi connectivity index (χ0) is 20.3. The molecule has 1 atom stereocenters. The van der Waals surface area contributed by atoms with Gasteiger partial charge >= 0.3 is 0 Å². The molecule has 0 saturated carbocycles. The maximum atomic E-state index is 13.0. The maximum absolute atomic E-state index is 13.0. The zero-order valence-electron chi connectivity index (χ0n) is 16.4. The minimum absolute atomic E-state index is 0.0785. The molecule has 0 saturated heterocycles. The number of aryl methyl sites for hydroxylation is 1. The Morgan fingerprint density at radius 2 is 2.04 bits per heavy atom. The lowest BCUT2D eigenvalue weighted by atomic mass is 9.93. The molecular formula is C20H26N2O5S. The Bertz CT molecular complexity index is 947. The van der Waals surface area contributed by atoms with Crippen molar-refractivity contribution in [1.82, 2.24) is 9.62 Å². The summed E-state index contributed by atoms with van der Waals surface area (Å²) in [6, 6.07) is 6.09. The first-order chi connectivity index (χ1) is 13.4. The second kappa shape index (κ2) is 8.36. The van der Waals surface area contributed by atoms with Crippen molar-refractivity contribution in [2.24, 2.45) is 0 Å². The number of methoxy groups -OCH3 is 1. The number of nitrogens with zero attached hydrogens (tertiary/aromatic N) is 1. The van der Waals surface area contributed by atoms with E-state index in [1.165, 1.54) is 29.6 Å². The Morgan fingerprint density at radius 1 is 1.29 bits per heavy atom. The van der Waals surface area contributed by atoms with Gasteiger partial charge in [-0.15, -0.1) is 0 Å². The first-order valence-electron chi connectivity index (χ1n) is 9.47. The van der Waals surface area contributed by atoms with Crippen molar-refractivity contribution in [3.63, 3.8) is 0 Å². The fraction of sp³-hybridized carbons (Fsp3) is 0.450. The van der Waals surface area contributed by atoms with Crippen LogP contribution in [-0.4, -0.2) is 38.8 Å². The Kier molecular flexibility index (Phi) is 6.10. The van der Waals surface area contributed by atoms with Crippen LogP contribution in [0.15, 0.2) is 39.8 Å². The third-order valence-electron chi connectivity index (χ3n) is 5.12. The first kappa shape index (κ1) is 20.4. The molecule has 0 fully saturated rings. The van der Waals surface area contributed by atoms with Gasteiger partial charge in [-0.25, -0.2) is 8.42 Å². The highest BCUT2D eigenvalue weighted by molar-refractivity contribution is 7.89. The number of fused-ring (bicyclic) bond motifs is 1. The quantitative estimate of drug-likeness (QED) is 0.763. The van der Waals surface area contributed by atoms with Crippen molar-refractivity contribution < 1.29 is 22.4 Å². The lowest BCUT2D eigenvalue weighted by molar-refractivity contribution is 0.0929. The third kappa shape index (κ3) is 3.79. The minimum atomic E-state index is -3.67. The molecule has 152 valence electrons. The van der Waals surface area contributed by atoms with E-state index in [1.54, 1.807) is 20.1 Å². The van der Waals surface area contributed by atoms with Gasteiger partial charge in [-0.1, -0.05) is 13.8 Å². The van der Waals surface area contributed by atoms with Crippen LogP contribution in [0.5, 0.6) is 5.75 Å². The molecule has 0 radical (unpaired) electrons. The van der Waals surface area contributed by atoms with E-state index in [-0.39, 0.29) is 22.4 Å². The largest absolute Gasteiger partial charge is 0.496 e. The van der Waals surface area contributed by atoms with Crippen LogP contribution < -0.4 is 10.1 Å². The summed E-state index contributed by atoms with van der Waals surface area (Å²) in [5.74, 6) is 0.855. The van der Waals surface area contributed by atoms with E-state index < -0.39 is 10.0 Å². The van der Waals surface area contributed by atoms with Crippen LogP contribution >= 0.6 is 0 Å². The van der Waals surface area contributed by atoms with Crippen LogP contribution in [0.4, 0.5) is 0 Å². The van der Waals surface area contributed by atoms with Crippen LogP contribution in [0.1, 0.15) is 54.4 Å². The number of benzene rings is 1. The van der Waals surface area contributed by atoms with Gasteiger partial charge < -0.3 is 14.5 Å². The van der Waals surface area contributed by atoms with Gasteiger partial charge in [0.25, 0.3) is 5.91 Å². The summed E-state index contributed by atoms with van der Waals surface area (Å²) in [7, 11) is -2.21. The lowest BCUT2D eigenvalue weighted by Gasteiger charge is -2.23. The molecule has 1 N–H and O–H groups in total. The highest BCUT2D eigenvalue weighted by Gasteiger charge is 2.28. The topological polar surface area (TPSA) is 88.8 Å². The second-order valence-corrected chi connectivity index (χ2v) is 8.61. The van der Waals surface area contributed by atoms with Gasteiger partial charge in [0.15, 0.2) is 0 Å². The molecule has 3 rings (SSSR count). The predicted octanol–water partition coefficient (Wildman–Crippen LogP) is 3.13. The Balaban J connectivity index is 1.92. The van der Waals surface area contributed by atoms with Crippen LogP contribution in [0.3, 0.4) is 0 Å². The average molecular weight is 407 g/mol. The van der Waals surface area contributed by atoms with Gasteiger partial charge in [0.2, 0.25) is 10.0 Å². The summed E-state index contributed by atoms with van der Waals surface area (Å²) in [5.41, 5.74) is 1.18. The van der Waals surface area contributed by atoms with Gasteiger partial charge in [0, 0.05) is 25.1 Å². The number of hydrogen-bond acceptors (Lipinski definition) is 5. The van der Waals surface area contributed by atoms with Gasteiger partial charge in [-0.2, -0.15) is 4.31 Å². The van der Waals surface area contributed by atoms with Gasteiger partial charge in [-0.05, 0) is 37.1 Å². The molecule has 1 aromatic carbocycles. The number of hydrogen-bond donors (Lipinski definition) is 1. The molecule has 28 heavy (non-hydrogen) atoms. The van der Waals surface area contributed by atoms with E-state index >= 15 is 0 Å². The maximum Gasteiger partial charge on any atom is 0.255 e. The van der Waals surface area contributed by atoms with E-state index in [0.29, 0.717) is 18.8 Å². The predicted molar refractivity (Wildman–Crippen MR) is 105 cm³/mol. The number of nitrogens with one attached hydrogen (secondary N) is 1. The summed E-state index contributed by atoms with van der Waals surface area (Å²) in [6.45, 7) is 4.28. The normalized spacial score (nSPS) is 16.6. The van der Waals surface area contributed by atoms with Crippen molar-refractivity contribution in [2.45, 2.75) is 44.0 Å². The lowest BCUT2D eigenvalue weighted by Crippen LogP contribution is -2.32. The highest BCUT2D eigenvalue weighted by atomic mass is 32.2. The molecule has 1 unspecified atom stereocenters. The minimum Gasteiger partial charge on any atom is -0.496 e. The molecule has 1 aliphatic carbocycles. The average Bonchev–Trinajstić information content (AvgIpc) is 3.18. The first-order valence-corrected chi connectivity index (χ1v) is 10.9. The summed E-state index contributed by atoms with van der Waals surface area (Å²) in [4.78, 5) is 13.1. The van der Waals surface area contributed by atoms with Gasteiger partial charge in [0.1, 0.15) is 11.5 Å². The molecule has 8 heteroatoms. The van der Waals surface area contributed by atoms with Gasteiger partial charge in [0.05, 0.1) is 29.9 Å². The number of sulfonamides is 1. The SMILES string of the molecule is CCN(CC)S(=O)(=O)c1ccc(OC)c(C(=O)NC2CCCc3occc32)c1. The fourth-order valence-electron chi connectivity index (χ4n) is 3.61. The Morgan fingerprint density at radius 3 is 2.71 bits per heavy atom. The van der Waals surface area contributed by atoms with Crippen molar-refractivity contribution in [3.8, 4) is 5.75 Å².